The van der Waals surface area contributed by atoms with E-state index in [0.717, 1.165) is 18.4 Å². The van der Waals surface area contributed by atoms with Crippen molar-refractivity contribution in [3.05, 3.63) is 29.3 Å². The third-order valence-electron chi connectivity index (χ3n) is 4.99. The van der Waals surface area contributed by atoms with Crippen LogP contribution in [-0.4, -0.2) is 67.1 Å². The highest BCUT2D eigenvalue weighted by atomic mass is 16.5. The van der Waals surface area contributed by atoms with Gasteiger partial charge in [-0.05, 0) is 49.9 Å². The number of hydrogen-bond acceptors (Lipinski definition) is 4. The highest BCUT2D eigenvalue weighted by Gasteiger charge is 2.31. The highest BCUT2D eigenvalue weighted by molar-refractivity contribution is 5.82. The van der Waals surface area contributed by atoms with E-state index in [1.165, 1.54) is 5.56 Å². The number of amides is 2. The largest absolute Gasteiger partial charge is 0.484 e. The molecule has 0 N–H and O–H groups in total. The Labute approximate surface area is 148 Å². The molecular formula is C19H26N2O4. The number of carbonyl (C=O) groups excluding carboxylic acids is 2. The Morgan fingerprint density at radius 1 is 1.12 bits per heavy atom. The van der Waals surface area contributed by atoms with Crippen LogP contribution in [0.5, 0.6) is 5.75 Å². The fourth-order valence-corrected chi connectivity index (χ4v) is 3.19. The number of carbonyl (C=O) groups is 2. The zero-order valence-electron chi connectivity index (χ0n) is 15.0. The Bertz CT molecular complexity index is 632. The molecule has 2 saturated heterocycles. The van der Waals surface area contributed by atoms with E-state index in [0.29, 0.717) is 38.5 Å². The van der Waals surface area contributed by atoms with E-state index in [1.807, 2.05) is 36.9 Å². The summed E-state index contributed by atoms with van der Waals surface area (Å²) in [4.78, 5) is 28.2. The lowest BCUT2D eigenvalue weighted by Crippen LogP contribution is -2.53. The van der Waals surface area contributed by atoms with Gasteiger partial charge in [0.05, 0.1) is 0 Å². The van der Waals surface area contributed by atoms with Crippen molar-refractivity contribution in [3.8, 4) is 5.75 Å². The number of hydrogen-bond donors (Lipinski definition) is 0. The van der Waals surface area contributed by atoms with Gasteiger partial charge in [0.1, 0.15) is 11.9 Å². The fourth-order valence-electron chi connectivity index (χ4n) is 3.19. The summed E-state index contributed by atoms with van der Waals surface area (Å²) in [7, 11) is 0. The van der Waals surface area contributed by atoms with Crippen LogP contribution in [0.3, 0.4) is 0 Å². The maximum absolute atomic E-state index is 12.3. The fraction of sp³-hybridized carbons (Fsp3) is 0.579. The van der Waals surface area contributed by atoms with E-state index in [1.54, 1.807) is 4.90 Å². The maximum atomic E-state index is 12.3. The van der Waals surface area contributed by atoms with Crippen LogP contribution >= 0.6 is 0 Å². The van der Waals surface area contributed by atoms with Crippen LogP contribution in [0.15, 0.2) is 18.2 Å². The molecule has 136 valence electrons. The van der Waals surface area contributed by atoms with Gasteiger partial charge in [-0.25, -0.2) is 0 Å². The molecule has 3 rings (SSSR count). The van der Waals surface area contributed by atoms with Crippen molar-refractivity contribution in [1.82, 2.24) is 9.80 Å². The first-order valence-electron chi connectivity index (χ1n) is 8.93. The standard InChI is InChI=1S/C19H26N2O4/c1-14-5-6-16(12-15(14)2)25-13-18(22)20-7-9-21(10-8-20)19(23)17-4-3-11-24-17/h5-6,12,17H,3-4,7-11,13H2,1-2H3. The summed E-state index contributed by atoms with van der Waals surface area (Å²) >= 11 is 0. The van der Waals surface area contributed by atoms with E-state index in [4.69, 9.17) is 9.47 Å². The average Bonchev–Trinajstić information content (AvgIpc) is 3.16. The van der Waals surface area contributed by atoms with Crippen molar-refractivity contribution < 1.29 is 19.1 Å². The van der Waals surface area contributed by atoms with E-state index >= 15 is 0 Å². The maximum Gasteiger partial charge on any atom is 0.260 e. The molecule has 1 unspecified atom stereocenters. The predicted octanol–water partition coefficient (Wildman–Crippen LogP) is 1.53. The summed E-state index contributed by atoms with van der Waals surface area (Å²) < 4.78 is 11.1. The minimum atomic E-state index is -0.282. The average molecular weight is 346 g/mol. The van der Waals surface area contributed by atoms with Crippen LogP contribution in [0, 0.1) is 13.8 Å². The Balaban J connectivity index is 1.44. The third kappa shape index (κ3) is 4.31. The minimum absolute atomic E-state index is 0.0299. The van der Waals surface area contributed by atoms with Crippen LogP contribution in [0.4, 0.5) is 0 Å². The Morgan fingerprint density at radius 3 is 2.48 bits per heavy atom. The molecule has 25 heavy (non-hydrogen) atoms. The molecule has 1 aromatic rings. The van der Waals surface area contributed by atoms with Gasteiger partial charge in [0.2, 0.25) is 0 Å². The van der Waals surface area contributed by atoms with Crippen molar-refractivity contribution >= 4 is 11.8 Å². The molecule has 0 aliphatic carbocycles. The van der Waals surface area contributed by atoms with Crippen molar-refractivity contribution in [2.45, 2.75) is 32.8 Å². The molecule has 2 aliphatic heterocycles. The van der Waals surface area contributed by atoms with E-state index in [2.05, 4.69) is 0 Å². The summed E-state index contributed by atoms with van der Waals surface area (Å²) in [5.41, 5.74) is 2.34. The smallest absolute Gasteiger partial charge is 0.260 e. The van der Waals surface area contributed by atoms with Gasteiger partial charge in [-0.15, -0.1) is 0 Å². The molecule has 2 aliphatic rings. The van der Waals surface area contributed by atoms with Gasteiger partial charge >= 0.3 is 0 Å². The van der Waals surface area contributed by atoms with Gasteiger partial charge < -0.3 is 19.3 Å². The molecule has 0 spiro atoms. The summed E-state index contributed by atoms with van der Waals surface area (Å²) in [6, 6.07) is 5.82. The van der Waals surface area contributed by atoms with Gasteiger partial charge in [-0.2, -0.15) is 0 Å². The summed E-state index contributed by atoms with van der Waals surface area (Å²) in [5.74, 6) is 0.738. The van der Waals surface area contributed by atoms with Crippen molar-refractivity contribution in [3.63, 3.8) is 0 Å². The SMILES string of the molecule is Cc1ccc(OCC(=O)N2CCN(C(=O)C3CCCO3)CC2)cc1C. The zero-order chi connectivity index (χ0) is 17.8. The Morgan fingerprint density at radius 2 is 1.84 bits per heavy atom. The first kappa shape index (κ1) is 17.7. The topological polar surface area (TPSA) is 59.1 Å². The number of ether oxygens (including phenoxy) is 2. The molecule has 0 aromatic heterocycles. The van der Waals surface area contributed by atoms with Gasteiger partial charge in [0.25, 0.3) is 11.8 Å². The molecule has 0 saturated carbocycles. The Kier molecular flexibility index (Phi) is 5.58. The molecule has 6 heteroatoms. The Hall–Kier alpha value is -2.08. The number of benzene rings is 1. The van der Waals surface area contributed by atoms with Crippen molar-refractivity contribution in [1.29, 1.82) is 0 Å². The second-order valence-electron chi connectivity index (χ2n) is 6.74. The van der Waals surface area contributed by atoms with Gasteiger partial charge in [-0.1, -0.05) is 6.07 Å². The quantitative estimate of drug-likeness (QED) is 0.830. The van der Waals surface area contributed by atoms with Crippen LogP contribution in [-0.2, 0) is 14.3 Å². The van der Waals surface area contributed by atoms with Crippen molar-refractivity contribution in [2.24, 2.45) is 0 Å². The molecule has 1 atom stereocenters. The first-order chi connectivity index (χ1) is 12.0. The third-order valence-corrected chi connectivity index (χ3v) is 4.99. The van der Waals surface area contributed by atoms with Crippen LogP contribution in [0.1, 0.15) is 24.0 Å². The minimum Gasteiger partial charge on any atom is -0.484 e. The van der Waals surface area contributed by atoms with E-state index in [9.17, 15) is 9.59 Å². The normalized spacial score (nSPS) is 20.6. The molecular weight excluding hydrogens is 320 g/mol. The number of aryl methyl sites for hydroxylation is 2. The van der Waals surface area contributed by atoms with Crippen LogP contribution < -0.4 is 4.74 Å². The van der Waals surface area contributed by atoms with Crippen LogP contribution in [0.2, 0.25) is 0 Å². The van der Waals surface area contributed by atoms with E-state index in [-0.39, 0.29) is 24.5 Å². The van der Waals surface area contributed by atoms with Gasteiger partial charge in [-0.3, -0.25) is 9.59 Å². The first-order valence-corrected chi connectivity index (χ1v) is 8.93. The van der Waals surface area contributed by atoms with Gasteiger partial charge in [0.15, 0.2) is 6.61 Å². The second-order valence-corrected chi connectivity index (χ2v) is 6.74. The zero-order valence-corrected chi connectivity index (χ0v) is 15.0. The summed E-state index contributed by atoms with van der Waals surface area (Å²) in [6.45, 7) is 6.99. The molecule has 6 nitrogen and oxygen atoms in total. The molecule has 0 radical (unpaired) electrons. The summed E-state index contributed by atoms with van der Waals surface area (Å²) in [6.07, 6.45) is 1.47. The van der Waals surface area contributed by atoms with Gasteiger partial charge in [0, 0.05) is 32.8 Å². The van der Waals surface area contributed by atoms with Crippen molar-refractivity contribution in [2.75, 3.05) is 39.4 Å². The number of rotatable bonds is 4. The molecule has 0 bridgehead atoms. The highest BCUT2D eigenvalue weighted by Crippen LogP contribution is 2.18. The number of piperazine rings is 1. The molecule has 1 aromatic carbocycles. The molecule has 2 heterocycles. The summed E-state index contributed by atoms with van der Waals surface area (Å²) in [5, 5.41) is 0. The van der Waals surface area contributed by atoms with E-state index < -0.39 is 0 Å². The lowest BCUT2D eigenvalue weighted by Gasteiger charge is -2.35. The molecule has 2 fully saturated rings. The van der Waals surface area contributed by atoms with Crippen LogP contribution in [0.25, 0.3) is 0 Å². The predicted molar refractivity (Wildman–Crippen MR) is 93.5 cm³/mol. The monoisotopic (exact) mass is 346 g/mol. The molecule has 2 amide bonds. The second kappa shape index (κ2) is 7.87. The lowest BCUT2D eigenvalue weighted by molar-refractivity contribution is -0.146. The lowest BCUT2D eigenvalue weighted by atomic mass is 10.1. The number of nitrogens with zero attached hydrogens (tertiary/aromatic N) is 2.